The van der Waals surface area contributed by atoms with E-state index in [4.69, 9.17) is 14.2 Å². The average molecular weight is 478 g/mol. The van der Waals surface area contributed by atoms with E-state index in [1.807, 2.05) is 30.1 Å². The first kappa shape index (κ1) is 25.3. The van der Waals surface area contributed by atoms with Crippen LogP contribution in [0.2, 0.25) is 0 Å². The van der Waals surface area contributed by atoms with Crippen LogP contribution >= 0.6 is 0 Å². The summed E-state index contributed by atoms with van der Waals surface area (Å²) in [5, 5.41) is 4.32. The summed E-state index contributed by atoms with van der Waals surface area (Å²) in [6, 6.07) is 16.8. The van der Waals surface area contributed by atoms with Crippen molar-refractivity contribution in [1.29, 1.82) is 0 Å². The van der Waals surface area contributed by atoms with Gasteiger partial charge in [0.1, 0.15) is 23.7 Å². The first-order valence-electron chi connectivity index (χ1n) is 12.7. The second-order valence-corrected chi connectivity index (χ2v) is 9.75. The van der Waals surface area contributed by atoms with Crippen LogP contribution in [-0.4, -0.2) is 53.7 Å². The minimum absolute atomic E-state index is 0.230. The summed E-state index contributed by atoms with van der Waals surface area (Å²) in [5.41, 5.74) is 3.51. The topological polar surface area (TPSA) is 48.8 Å². The highest BCUT2D eigenvalue weighted by atomic mass is 16.5. The van der Waals surface area contributed by atoms with E-state index in [2.05, 4.69) is 66.4 Å². The molecule has 0 spiro atoms. The lowest BCUT2D eigenvalue weighted by atomic mass is 9.95. The highest BCUT2D eigenvalue weighted by Gasteiger charge is 2.33. The molecule has 1 atom stereocenters. The minimum Gasteiger partial charge on any atom is -0.494 e. The summed E-state index contributed by atoms with van der Waals surface area (Å²) < 4.78 is 20.0. The predicted octanol–water partition coefficient (Wildman–Crippen LogP) is 5.42. The monoisotopic (exact) mass is 477 g/mol. The molecule has 6 nitrogen and oxygen atoms in total. The summed E-state index contributed by atoms with van der Waals surface area (Å²) >= 11 is 0. The number of likely N-dealkylation sites (tertiary alicyclic amines) is 1. The maximum Gasteiger partial charge on any atom is 0.119 e. The molecule has 2 aromatic carbocycles. The molecule has 0 amide bonds. The Hall–Kier alpha value is -2.83. The predicted molar refractivity (Wildman–Crippen MR) is 139 cm³/mol. The molecule has 0 bridgehead atoms. The van der Waals surface area contributed by atoms with E-state index < -0.39 is 0 Å². The standard InChI is InChI=1S/C29H39N3O3/c1-24-6-10-28(11-7-24)35-23-29(33-3)14-4-16-31(18-15-29)22-26-8-12-27(13-9-26)34-19-5-17-32-21-25(2)20-30-32/h6-13,20-21H,4-5,14-19,22-23H2,1-3H3. The molecule has 0 N–H and O–H groups in total. The number of methoxy groups -OCH3 is 1. The van der Waals surface area contributed by atoms with Crippen molar-refractivity contribution in [3.8, 4) is 11.5 Å². The molecular weight excluding hydrogens is 438 g/mol. The van der Waals surface area contributed by atoms with Gasteiger partial charge in [0.25, 0.3) is 0 Å². The first-order chi connectivity index (χ1) is 17.0. The van der Waals surface area contributed by atoms with Crippen LogP contribution in [0, 0.1) is 13.8 Å². The number of benzene rings is 2. The first-order valence-corrected chi connectivity index (χ1v) is 12.7. The van der Waals surface area contributed by atoms with E-state index >= 15 is 0 Å². The van der Waals surface area contributed by atoms with Gasteiger partial charge in [-0.25, -0.2) is 0 Å². The maximum absolute atomic E-state index is 6.12. The van der Waals surface area contributed by atoms with Gasteiger partial charge >= 0.3 is 0 Å². The van der Waals surface area contributed by atoms with Crippen LogP contribution in [0.3, 0.4) is 0 Å². The minimum atomic E-state index is -0.230. The lowest BCUT2D eigenvalue weighted by molar-refractivity contribution is -0.0541. The van der Waals surface area contributed by atoms with Gasteiger partial charge in [-0.05, 0) is 75.0 Å². The van der Waals surface area contributed by atoms with Gasteiger partial charge in [0.05, 0.1) is 12.8 Å². The number of nitrogens with zero attached hydrogens (tertiary/aromatic N) is 3. The molecular formula is C29H39N3O3. The molecule has 35 heavy (non-hydrogen) atoms. The van der Waals surface area contributed by atoms with Gasteiger partial charge in [-0.2, -0.15) is 5.10 Å². The van der Waals surface area contributed by atoms with Gasteiger partial charge < -0.3 is 14.2 Å². The van der Waals surface area contributed by atoms with Crippen LogP contribution < -0.4 is 9.47 Å². The molecule has 0 radical (unpaired) electrons. The summed E-state index contributed by atoms with van der Waals surface area (Å²) in [6.45, 7) is 9.31. The number of aryl methyl sites for hydroxylation is 3. The van der Waals surface area contributed by atoms with E-state index in [1.165, 1.54) is 16.7 Å². The zero-order valence-corrected chi connectivity index (χ0v) is 21.4. The van der Waals surface area contributed by atoms with Gasteiger partial charge in [-0.1, -0.05) is 29.8 Å². The summed E-state index contributed by atoms with van der Waals surface area (Å²) in [7, 11) is 1.82. The van der Waals surface area contributed by atoms with Crippen LogP contribution in [0.4, 0.5) is 0 Å². The van der Waals surface area contributed by atoms with Crippen LogP contribution in [0.5, 0.6) is 11.5 Å². The molecule has 188 valence electrons. The number of ether oxygens (including phenoxy) is 3. The molecule has 1 saturated heterocycles. The van der Waals surface area contributed by atoms with E-state index in [9.17, 15) is 0 Å². The van der Waals surface area contributed by atoms with Crippen molar-refractivity contribution in [3.63, 3.8) is 0 Å². The van der Waals surface area contributed by atoms with Crippen molar-refractivity contribution in [2.75, 3.05) is 33.4 Å². The molecule has 3 aromatic rings. The number of hydrogen-bond donors (Lipinski definition) is 0. The Balaban J connectivity index is 1.21. The fourth-order valence-electron chi connectivity index (χ4n) is 4.59. The third-order valence-electron chi connectivity index (χ3n) is 6.84. The quantitative estimate of drug-likeness (QED) is 0.345. The van der Waals surface area contributed by atoms with E-state index in [0.717, 1.165) is 63.4 Å². The highest BCUT2D eigenvalue weighted by molar-refractivity contribution is 5.27. The Morgan fingerprint density at radius 3 is 2.34 bits per heavy atom. The van der Waals surface area contributed by atoms with Crippen LogP contribution in [-0.2, 0) is 17.8 Å². The zero-order valence-electron chi connectivity index (χ0n) is 21.4. The van der Waals surface area contributed by atoms with Crippen molar-refractivity contribution >= 4 is 0 Å². The van der Waals surface area contributed by atoms with Gasteiger partial charge in [0.2, 0.25) is 0 Å². The third-order valence-corrected chi connectivity index (χ3v) is 6.84. The third kappa shape index (κ3) is 7.58. The summed E-state index contributed by atoms with van der Waals surface area (Å²) in [6.07, 6.45) is 7.96. The molecule has 1 fully saturated rings. The molecule has 2 heterocycles. The van der Waals surface area contributed by atoms with Crippen molar-refractivity contribution < 1.29 is 14.2 Å². The van der Waals surface area contributed by atoms with E-state index in [-0.39, 0.29) is 5.60 Å². The van der Waals surface area contributed by atoms with Gasteiger partial charge in [-0.3, -0.25) is 9.58 Å². The van der Waals surface area contributed by atoms with Crippen LogP contribution in [0.15, 0.2) is 60.9 Å². The van der Waals surface area contributed by atoms with E-state index in [0.29, 0.717) is 13.2 Å². The Morgan fingerprint density at radius 1 is 0.886 bits per heavy atom. The lowest BCUT2D eigenvalue weighted by Gasteiger charge is -2.31. The van der Waals surface area contributed by atoms with Crippen molar-refractivity contribution in [3.05, 3.63) is 77.6 Å². The Labute approximate surface area is 209 Å². The van der Waals surface area contributed by atoms with Crippen molar-refractivity contribution in [2.45, 2.75) is 58.2 Å². The largest absolute Gasteiger partial charge is 0.494 e. The Morgan fingerprint density at radius 2 is 1.63 bits per heavy atom. The normalized spacial score (nSPS) is 18.8. The molecule has 6 heteroatoms. The fourth-order valence-corrected chi connectivity index (χ4v) is 4.59. The summed E-state index contributed by atoms with van der Waals surface area (Å²) in [5.74, 6) is 1.83. The lowest BCUT2D eigenvalue weighted by Crippen LogP contribution is -2.39. The number of hydrogen-bond acceptors (Lipinski definition) is 5. The Bertz CT molecular complexity index is 1030. The van der Waals surface area contributed by atoms with Gasteiger partial charge in [-0.15, -0.1) is 0 Å². The highest BCUT2D eigenvalue weighted by Crippen LogP contribution is 2.28. The molecule has 1 aliphatic heterocycles. The van der Waals surface area contributed by atoms with Gasteiger partial charge in [0, 0.05) is 39.4 Å². The van der Waals surface area contributed by atoms with Crippen molar-refractivity contribution in [1.82, 2.24) is 14.7 Å². The molecule has 0 aliphatic carbocycles. The SMILES string of the molecule is COC1(COc2ccc(C)cc2)CCCN(Cc2ccc(OCCCn3cc(C)cn3)cc2)CC1. The van der Waals surface area contributed by atoms with Crippen LogP contribution in [0.1, 0.15) is 42.4 Å². The Kier molecular flexibility index (Phi) is 8.83. The fraction of sp³-hybridized carbons (Fsp3) is 0.483. The second-order valence-electron chi connectivity index (χ2n) is 9.75. The maximum atomic E-state index is 6.12. The number of rotatable bonds is 11. The second kappa shape index (κ2) is 12.2. The molecule has 4 rings (SSSR count). The van der Waals surface area contributed by atoms with E-state index in [1.54, 1.807) is 0 Å². The molecule has 1 unspecified atom stereocenters. The number of aromatic nitrogens is 2. The smallest absolute Gasteiger partial charge is 0.119 e. The molecule has 0 saturated carbocycles. The summed E-state index contributed by atoms with van der Waals surface area (Å²) in [4.78, 5) is 2.52. The van der Waals surface area contributed by atoms with Crippen LogP contribution in [0.25, 0.3) is 0 Å². The van der Waals surface area contributed by atoms with Crippen molar-refractivity contribution in [2.24, 2.45) is 0 Å². The molecule has 1 aliphatic rings. The van der Waals surface area contributed by atoms with Gasteiger partial charge in [0.15, 0.2) is 0 Å². The molecule has 1 aromatic heterocycles. The zero-order chi connectivity index (χ0) is 24.5. The average Bonchev–Trinajstić information content (AvgIpc) is 3.18.